The molecule has 3 rings (SSSR count). The molecule has 1 aliphatic carbocycles. The summed E-state index contributed by atoms with van der Waals surface area (Å²) in [6.07, 6.45) is 5.30. The smallest absolute Gasteiger partial charge is 0.227 e. The Labute approximate surface area is 143 Å². The minimum atomic E-state index is 0.0956. The Bertz CT molecular complexity index is 675. The summed E-state index contributed by atoms with van der Waals surface area (Å²) in [5.41, 5.74) is 1.30. The molecule has 2 aromatic heterocycles. The number of nitrogens with one attached hydrogen (secondary N) is 3. The van der Waals surface area contributed by atoms with Crippen molar-refractivity contribution in [1.82, 2.24) is 25.5 Å². The molecular formula is C17H27N7. The van der Waals surface area contributed by atoms with Gasteiger partial charge in [0.25, 0.3) is 0 Å². The van der Waals surface area contributed by atoms with Crippen molar-refractivity contribution in [2.24, 2.45) is 0 Å². The van der Waals surface area contributed by atoms with Crippen molar-refractivity contribution in [3.63, 3.8) is 0 Å². The summed E-state index contributed by atoms with van der Waals surface area (Å²) in [6, 6.07) is 3.93. The zero-order valence-corrected chi connectivity index (χ0v) is 14.9. The van der Waals surface area contributed by atoms with Crippen molar-refractivity contribution in [2.45, 2.75) is 44.6 Å². The van der Waals surface area contributed by atoms with Gasteiger partial charge in [0.2, 0.25) is 5.95 Å². The predicted octanol–water partition coefficient (Wildman–Crippen LogP) is 2.64. The summed E-state index contributed by atoms with van der Waals surface area (Å²) >= 11 is 0. The van der Waals surface area contributed by atoms with Gasteiger partial charge in [0.15, 0.2) is 5.82 Å². The molecule has 7 heteroatoms. The molecule has 7 nitrogen and oxygen atoms in total. The number of aromatic amines is 1. The maximum absolute atomic E-state index is 4.59. The Hall–Kier alpha value is -2.15. The van der Waals surface area contributed by atoms with Gasteiger partial charge in [0.1, 0.15) is 5.82 Å². The fourth-order valence-corrected chi connectivity index (χ4v) is 2.41. The van der Waals surface area contributed by atoms with Crippen molar-refractivity contribution in [2.75, 3.05) is 30.9 Å². The summed E-state index contributed by atoms with van der Waals surface area (Å²) in [5, 5.41) is 14.0. The molecule has 3 N–H and O–H groups in total. The number of anilines is 3. The standard InChI is InChI=1S/C17H27N7/c1-17(2,18-3)8-10-24(4)16-19-9-7-14(21-16)20-15-11-13(22-23-15)12-5-6-12/h7,9,11-12,18H,5-6,8,10H2,1-4H3,(H2,19,20,21,22,23). The highest BCUT2D eigenvalue weighted by Gasteiger charge is 2.25. The van der Waals surface area contributed by atoms with E-state index in [4.69, 9.17) is 0 Å². The van der Waals surface area contributed by atoms with E-state index in [1.165, 1.54) is 18.5 Å². The zero-order valence-electron chi connectivity index (χ0n) is 14.9. The van der Waals surface area contributed by atoms with Gasteiger partial charge in [-0.1, -0.05) is 0 Å². The predicted molar refractivity (Wildman–Crippen MR) is 96.9 cm³/mol. The first kappa shape index (κ1) is 16.7. The zero-order chi connectivity index (χ0) is 17.2. The van der Waals surface area contributed by atoms with Crippen LogP contribution in [0.25, 0.3) is 0 Å². The average molecular weight is 329 g/mol. The van der Waals surface area contributed by atoms with Gasteiger partial charge in [-0.15, -0.1) is 0 Å². The molecule has 0 radical (unpaired) electrons. The minimum Gasteiger partial charge on any atom is -0.344 e. The van der Waals surface area contributed by atoms with Crippen molar-refractivity contribution in [3.8, 4) is 0 Å². The Morgan fingerprint density at radius 2 is 2.12 bits per heavy atom. The number of hydrogen-bond donors (Lipinski definition) is 3. The molecule has 2 heterocycles. The second-order valence-corrected chi connectivity index (χ2v) is 7.16. The van der Waals surface area contributed by atoms with Crippen LogP contribution in [-0.4, -0.2) is 46.3 Å². The largest absolute Gasteiger partial charge is 0.344 e. The van der Waals surface area contributed by atoms with E-state index in [0.29, 0.717) is 11.9 Å². The second kappa shape index (κ2) is 6.76. The lowest BCUT2D eigenvalue weighted by molar-refractivity contribution is 0.396. The molecule has 0 amide bonds. The van der Waals surface area contributed by atoms with Crippen LogP contribution in [0, 0.1) is 0 Å². The SMILES string of the molecule is CNC(C)(C)CCN(C)c1nccc(Nc2cc(C3CC3)[nH]n2)n1. The molecule has 0 unspecified atom stereocenters. The third-order valence-electron chi connectivity index (χ3n) is 4.60. The highest BCUT2D eigenvalue weighted by Crippen LogP contribution is 2.39. The van der Waals surface area contributed by atoms with Crippen LogP contribution in [0.15, 0.2) is 18.3 Å². The highest BCUT2D eigenvalue weighted by molar-refractivity contribution is 5.53. The molecular weight excluding hydrogens is 302 g/mol. The molecule has 130 valence electrons. The first-order valence-corrected chi connectivity index (χ1v) is 8.52. The minimum absolute atomic E-state index is 0.0956. The fraction of sp³-hybridized carbons (Fsp3) is 0.588. The fourth-order valence-electron chi connectivity index (χ4n) is 2.41. The average Bonchev–Trinajstić information content (AvgIpc) is 3.33. The van der Waals surface area contributed by atoms with E-state index in [2.05, 4.69) is 55.6 Å². The Kier molecular flexibility index (Phi) is 4.71. The van der Waals surface area contributed by atoms with Gasteiger partial charge in [-0.2, -0.15) is 10.1 Å². The summed E-state index contributed by atoms with van der Waals surface area (Å²) < 4.78 is 0. The lowest BCUT2D eigenvalue weighted by atomic mass is 10.0. The number of H-pyrrole nitrogens is 1. The molecule has 0 atom stereocenters. The van der Waals surface area contributed by atoms with Crippen molar-refractivity contribution >= 4 is 17.6 Å². The van der Waals surface area contributed by atoms with Gasteiger partial charge in [0, 0.05) is 43.0 Å². The van der Waals surface area contributed by atoms with E-state index in [0.717, 1.165) is 24.6 Å². The third-order valence-corrected chi connectivity index (χ3v) is 4.60. The van der Waals surface area contributed by atoms with Crippen LogP contribution >= 0.6 is 0 Å². The summed E-state index contributed by atoms with van der Waals surface area (Å²) in [6.45, 7) is 5.26. The van der Waals surface area contributed by atoms with Gasteiger partial charge in [-0.05, 0) is 46.2 Å². The van der Waals surface area contributed by atoms with Crippen LogP contribution in [0.2, 0.25) is 0 Å². The van der Waals surface area contributed by atoms with Crippen LogP contribution in [0.3, 0.4) is 0 Å². The van der Waals surface area contributed by atoms with Gasteiger partial charge in [-0.25, -0.2) is 4.98 Å². The Balaban J connectivity index is 1.62. The molecule has 1 saturated carbocycles. The molecule has 0 saturated heterocycles. The molecule has 2 aromatic rings. The van der Waals surface area contributed by atoms with E-state index < -0.39 is 0 Å². The maximum Gasteiger partial charge on any atom is 0.227 e. The van der Waals surface area contributed by atoms with E-state index in [1.807, 2.05) is 20.2 Å². The number of hydrogen-bond acceptors (Lipinski definition) is 6. The second-order valence-electron chi connectivity index (χ2n) is 7.16. The Morgan fingerprint density at radius 1 is 1.33 bits per heavy atom. The van der Waals surface area contributed by atoms with Crippen molar-refractivity contribution < 1.29 is 0 Å². The van der Waals surface area contributed by atoms with Crippen LogP contribution in [0.4, 0.5) is 17.6 Å². The summed E-state index contributed by atoms with van der Waals surface area (Å²) in [4.78, 5) is 11.0. The van der Waals surface area contributed by atoms with E-state index in [9.17, 15) is 0 Å². The maximum atomic E-state index is 4.59. The van der Waals surface area contributed by atoms with Crippen molar-refractivity contribution in [1.29, 1.82) is 0 Å². The van der Waals surface area contributed by atoms with Gasteiger partial charge in [-0.3, -0.25) is 5.10 Å². The first-order chi connectivity index (χ1) is 11.5. The summed E-state index contributed by atoms with van der Waals surface area (Å²) in [5.74, 6) is 2.94. The van der Waals surface area contributed by atoms with Gasteiger partial charge >= 0.3 is 0 Å². The van der Waals surface area contributed by atoms with E-state index in [-0.39, 0.29) is 5.54 Å². The monoisotopic (exact) mass is 329 g/mol. The Morgan fingerprint density at radius 3 is 2.83 bits per heavy atom. The van der Waals surface area contributed by atoms with E-state index in [1.54, 1.807) is 6.20 Å². The van der Waals surface area contributed by atoms with Gasteiger partial charge in [0.05, 0.1) is 0 Å². The molecule has 0 bridgehead atoms. The molecule has 0 spiro atoms. The third kappa shape index (κ3) is 4.23. The van der Waals surface area contributed by atoms with Gasteiger partial charge < -0.3 is 15.5 Å². The van der Waals surface area contributed by atoms with Crippen LogP contribution in [0.1, 0.15) is 44.7 Å². The van der Waals surface area contributed by atoms with Crippen molar-refractivity contribution in [3.05, 3.63) is 24.0 Å². The molecule has 24 heavy (non-hydrogen) atoms. The topological polar surface area (TPSA) is 81.8 Å². The lowest BCUT2D eigenvalue weighted by Crippen LogP contribution is -2.39. The van der Waals surface area contributed by atoms with E-state index >= 15 is 0 Å². The number of rotatable bonds is 8. The molecule has 0 aromatic carbocycles. The quantitative estimate of drug-likeness (QED) is 0.691. The van der Waals surface area contributed by atoms with Crippen LogP contribution in [-0.2, 0) is 0 Å². The molecule has 1 aliphatic rings. The number of nitrogens with zero attached hydrogens (tertiary/aromatic N) is 4. The van der Waals surface area contributed by atoms with Crippen LogP contribution < -0.4 is 15.5 Å². The van der Waals surface area contributed by atoms with Crippen LogP contribution in [0.5, 0.6) is 0 Å². The first-order valence-electron chi connectivity index (χ1n) is 8.52. The normalized spacial score (nSPS) is 14.7. The highest BCUT2D eigenvalue weighted by atomic mass is 15.3. The lowest BCUT2D eigenvalue weighted by Gasteiger charge is -2.27. The summed E-state index contributed by atoms with van der Waals surface area (Å²) in [7, 11) is 4.01. The molecule has 1 fully saturated rings. The molecule has 0 aliphatic heterocycles. The number of aromatic nitrogens is 4.